The molecule has 0 saturated heterocycles. The maximum Gasteiger partial charge on any atom is 0.349 e. The molecule has 0 radical (unpaired) electrons. The number of esters is 1. The van der Waals surface area contributed by atoms with Gasteiger partial charge in [-0.15, -0.1) is 0 Å². The Morgan fingerprint density at radius 3 is 2.19 bits per heavy atom. The third-order valence-electron chi connectivity index (χ3n) is 3.47. The van der Waals surface area contributed by atoms with Crippen LogP contribution in [0.25, 0.3) is 0 Å². The number of carboxylic acids is 1. The van der Waals surface area contributed by atoms with Gasteiger partial charge in [-0.3, -0.25) is 0 Å². The number of carbonyl (C=O) groups is 2. The normalized spacial score (nSPS) is 12.3. The lowest BCUT2D eigenvalue weighted by Crippen LogP contribution is -2.23. The van der Waals surface area contributed by atoms with Gasteiger partial charge in [0.1, 0.15) is 17.2 Å². The fourth-order valence-corrected chi connectivity index (χ4v) is 2.18. The number of carbonyl (C=O) groups excluding carboxylic acids is 1. The van der Waals surface area contributed by atoms with Gasteiger partial charge in [-0.2, -0.15) is 0 Å². The first-order valence-corrected chi connectivity index (χ1v) is 8.06. The quantitative estimate of drug-likeness (QED) is 0.805. The summed E-state index contributed by atoms with van der Waals surface area (Å²) in [4.78, 5) is 23.5. The van der Waals surface area contributed by atoms with E-state index < -0.39 is 29.5 Å². The van der Waals surface area contributed by atoms with Gasteiger partial charge in [0.2, 0.25) is 6.10 Å². The van der Waals surface area contributed by atoms with Gasteiger partial charge < -0.3 is 14.6 Å². The van der Waals surface area contributed by atoms with Crippen molar-refractivity contribution in [1.82, 2.24) is 0 Å². The average molecular weight is 360 g/mol. The summed E-state index contributed by atoms with van der Waals surface area (Å²) in [7, 11) is 0. The molecule has 0 spiro atoms. The van der Waals surface area contributed by atoms with E-state index in [0.29, 0.717) is 11.1 Å². The molecule has 0 aliphatic carbocycles. The maximum atomic E-state index is 13.7. The molecule has 0 heterocycles. The van der Waals surface area contributed by atoms with E-state index in [1.54, 1.807) is 27.7 Å². The predicted molar refractivity (Wildman–Crippen MR) is 93.8 cm³/mol. The van der Waals surface area contributed by atoms with Crippen molar-refractivity contribution in [1.29, 1.82) is 0 Å². The maximum absolute atomic E-state index is 13.7. The molecule has 0 fully saturated rings. The molecule has 0 amide bonds. The zero-order chi connectivity index (χ0) is 19.5. The molecule has 138 valence electrons. The first kappa shape index (κ1) is 19.4. The van der Waals surface area contributed by atoms with Crippen LogP contribution in [0.15, 0.2) is 42.5 Å². The molecule has 1 unspecified atom stereocenters. The number of hydrogen-bond acceptors (Lipinski definition) is 4. The highest BCUT2D eigenvalue weighted by molar-refractivity contribution is 5.89. The molecule has 2 aromatic carbocycles. The van der Waals surface area contributed by atoms with Crippen LogP contribution >= 0.6 is 0 Å². The van der Waals surface area contributed by atoms with Crippen LogP contribution in [0.3, 0.4) is 0 Å². The van der Waals surface area contributed by atoms with Crippen molar-refractivity contribution < 1.29 is 28.6 Å². The van der Waals surface area contributed by atoms with E-state index in [1.165, 1.54) is 36.4 Å². The Labute approximate surface area is 151 Å². The van der Waals surface area contributed by atoms with Crippen molar-refractivity contribution in [3.63, 3.8) is 0 Å². The molecule has 2 rings (SSSR count). The minimum atomic E-state index is -1.36. The second-order valence-corrected chi connectivity index (χ2v) is 6.87. The third kappa shape index (κ3) is 5.05. The lowest BCUT2D eigenvalue weighted by molar-refractivity contribution is -0.145. The molecular weight excluding hydrogens is 339 g/mol. The van der Waals surface area contributed by atoms with Crippen LogP contribution in [0.1, 0.15) is 48.4 Å². The summed E-state index contributed by atoms with van der Waals surface area (Å²) < 4.78 is 24.5. The Morgan fingerprint density at radius 1 is 1.08 bits per heavy atom. The number of carboxylic acid groups (broad SMARTS) is 1. The van der Waals surface area contributed by atoms with Crippen LogP contribution in [0.4, 0.5) is 4.39 Å². The van der Waals surface area contributed by atoms with E-state index in [4.69, 9.17) is 9.47 Å². The zero-order valence-electron chi connectivity index (χ0n) is 15.1. The first-order valence-electron chi connectivity index (χ1n) is 8.06. The number of halogens is 1. The summed E-state index contributed by atoms with van der Waals surface area (Å²) in [6, 6.07) is 10.1. The van der Waals surface area contributed by atoms with E-state index in [1.807, 2.05) is 0 Å². The molecule has 0 aliphatic rings. The largest absolute Gasteiger partial charge is 0.478 e. The van der Waals surface area contributed by atoms with Gasteiger partial charge in [-0.1, -0.05) is 12.1 Å². The number of hydrogen-bond donors (Lipinski definition) is 1. The number of rotatable bonds is 5. The molecule has 6 heteroatoms. The lowest BCUT2D eigenvalue weighted by Gasteiger charge is -2.20. The molecule has 2 aromatic rings. The smallest absolute Gasteiger partial charge is 0.349 e. The van der Waals surface area contributed by atoms with E-state index in [9.17, 15) is 19.1 Å². The highest BCUT2D eigenvalue weighted by Crippen LogP contribution is 2.25. The van der Waals surface area contributed by atoms with Gasteiger partial charge in [-0.25, -0.2) is 14.0 Å². The number of benzene rings is 2. The van der Waals surface area contributed by atoms with Gasteiger partial charge in [0.25, 0.3) is 0 Å². The highest BCUT2D eigenvalue weighted by atomic mass is 19.1. The van der Waals surface area contributed by atoms with E-state index >= 15 is 0 Å². The molecule has 0 aromatic heterocycles. The zero-order valence-corrected chi connectivity index (χ0v) is 15.1. The lowest BCUT2D eigenvalue weighted by atomic mass is 10.1. The minimum Gasteiger partial charge on any atom is -0.478 e. The summed E-state index contributed by atoms with van der Waals surface area (Å²) in [5, 5.41) is 9.40. The molecular formula is C20H21FO5. The number of ether oxygens (including phenoxy) is 2. The van der Waals surface area contributed by atoms with Crippen molar-refractivity contribution in [2.75, 3.05) is 0 Å². The second kappa shape index (κ2) is 7.56. The van der Waals surface area contributed by atoms with Crippen molar-refractivity contribution in [2.24, 2.45) is 0 Å². The first-order chi connectivity index (χ1) is 12.1. The van der Waals surface area contributed by atoms with Crippen molar-refractivity contribution in [3.05, 3.63) is 65.0 Å². The molecule has 26 heavy (non-hydrogen) atoms. The third-order valence-corrected chi connectivity index (χ3v) is 3.47. The summed E-state index contributed by atoms with van der Waals surface area (Å²) in [5.41, 5.74) is 0.313. The van der Waals surface area contributed by atoms with Crippen molar-refractivity contribution in [2.45, 2.75) is 39.4 Å². The van der Waals surface area contributed by atoms with Crippen LogP contribution in [-0.4, -0.2) is 22.6 Å². The predicted octanol–water partition coefficient (Wildman–Crippen LogP) is 4.29. The van der Waals surface area contributed by atoms with Gasteiger partial charge in [0, 0.05) is 5.56 Å². The molecule has 5 nitrogen and oxygen atoms in total. The SMILES string of the molecule is Cc1ccc(C(Oc2ccc(C(=O)OC(C)(C)C)cc2)C(=O)O)cc1F. The molecule has 0 aliphatic heterocycles. The molecule has 1 atom stereocenters. The van der Waals surface area contributed by atoms with Gasteiger partial charge in [0.15, 0.2) is 0 Å². The standard InChI is InChI=1S/C20H21FO5/c1-12-5-6-14(11-16(12)21)17(18(22)23)25-15-9-7-13(8-10-15)19(24)26-20(2,3)4/h5-11,17H,1-4H3,(H,22,23). The Hall–Kier alpha value is -2.89. The minimum absolute atomic E-state index is 0.191. The molecule has 1 N–H and O–H groups in total. The van der Waals surface area contributed by atoms with Crippen LogP contribution in [0.2, 0.25) is 0 Å². The van der Waals surface area contributed by atoms with Crippen molar-refractivity contribution in [3.8, 4) is 5.75 Å². The average Bonchev–Trinajstić information content (AvgIpc) is 2.54. The fraction of sp³-hybridized carbons (Fsp3) is 0.300. The van der Waals surface area contributed by atoms with Gasteiger partial charge in [-0.05, 0) is 63.6 Å². The Kier molecular flexibility index (Phi) is 5.65. The Bertz CT molecular complexity index is 806. The number of aliphatic carboxylic acids is 1. The highest BCUT2D eigenvalue weighted by Gasteiger charge is 2.23. The topological polar surface area (TPSA) is 72.8 Å². The van der Waals surface area contributed by atoms with Crippen LogP contribution < -0.4 is 4.74 Å². The molecule has 0 bridgehead atoms. The van der Waals surface area contributed by atoms with Crippen molar-refractivity contribution >= 4 is 11.9 Å². The van der Waals surface area contributed by atoms with E-state index in [2.05, 4.69) is 0 Å². The summed E-state index contributed by atoms with van der Waals surface area (Å²) in [5.74, 6) is -1.99. The summed E-state index contributed by atoms with van der Waals surface area (Å²) in [6.07, 6.45) is -1.36. The van der Waals surface area contributed by atoms with Crippen LogP contribution in [0, 0.1) is 12.7 Å². The monoisotopic (exact) mass is 360 g/mol. The second-order valence-electron chi connectivity index (χ2n) is 6.87. The van der Waals surface area contributed by atoms with E-state index in [0.717, 1.165) is 6.07 Å². The van der Waals surface area contributed by atoms with E-state index in [-0.39, 0.29) is 11.3 Å². The fourth-order valence-electron chi connectivity index (χ4n) is 2.18. The van der Waals surface area contributed by atoms with Gasteiger partial charge >= 0.3 is 11.9 Å². The Morgan fingerprint density at radius 2 is 1.69 bits per heavy atom. The summed E-state index contributed by atoms with van der Waals surface area (Å²) in [6.45, 7) is 6.88. The summed E-state index contributed by atoms with van der Waals surface area (Å²) >= 11 is 0. The van der Waals surface area contributed by atoms with Crippen LogP contribution in [-0.2, 0) is 9.53 Å². The number of aryl methyl sites for hydroxylation is 1. The Balaban J connectivity index is 2.18. The van der Waals surface area contributed by atoms with Gasteiger partial charge in [0.05, 0.1) is 5.56 Å². The molecule has 0 saturated carbocycles. The van der Waals surface area contributed by atoms with Crippen LogP contribution in [0.5, 0.6) is 5.75 Å².